The zero-order valence-corrected chi connectivity index (χ0v) is 10.6. The summed E-state index contributed by atoms with van der Waals surface area (Å²) in [6.07, 6.45) is -0.0168. The Hall–Kier alpha value is -2.22. The third kappa shape index (κ3) is 2.92. The molecule has 0 N–H and O–H groups in total. The van der Waals surface area contributed by atoms with Crippen molar-refractivity contribution < 1.29 is 19.0 Å². The van der Waals surface area contributed by atoms with Gasteiger partial charge in [-0.15, -0.1) is 0 Å². The average molecular weight is 249 g/mol. The molecule has 0 aliphatic heterocycles. The third-order valence-corrected chi connectivity index (χ3v) is 2.41. The van der Waals surface area contributed by atoms with E-state index in [1.165, 1.54) is 14.2 Å². The highest BCUT2D eigenvalue weighted by molar-refractivity contribution is 5.75. The van der Waals surface area contributed by atoms with Gasteiger partial charge in [-0.3, -0.25) is 4.79 Å². The van der Waals surface area contributed by atoms with E-state index < -0.39 is 5.97 Å². The molecule has 18 heavy (non-hydrogen) atoms. The first-order chi connectivity index (χ1) is 8.67. The lowest BCUT2D eigenvalue weighted by molar-refractivity contribution is -0.142. The van der Waals surface area contributed by atoms with Gasteiger partial charge in [-0.1, -0.05) is 0 Å². The summed E-state index contributed by atoms with van der Waals surface area (Å²) in [5, 5.41) is 9.16. The second-order valence-electron chi connectivity index (χ2n) is 3.42. The number of hydrogen-bond donors (Lipinski definition) is 0. The molecular formula is C13H15NO4. The molecule has 0 unspecified atom stereocenters. The van der Waals surface area contributed by atoms with Gasteiger partial charge in [0.1, 0.15) is 23.1 Å². The molecule has 1 aromatic carbocycles. The highest BCUT2D eigenvalue weighted by Gasteiger charge is 2.18. The Bertz CT molecular complexity index is 477. The normalized spacial score (nSPS) is 9.44. The van der Waals surface area contributed by atoms with Gasteiger partial charge in [0.2, 0.25) is 0 Å². The van der Waals surface area contributed by atoms with Crippen LogP contribution in [-0.2, 0) is 16.0 Å². The molecular weight excluding hydrogens is 234 g/mol. The fourth-order valence-corrected chi connectivity index (χ4v) is 1.62. The molecule has 0 radical (unpaired) electrons. The highest BCUT2D eigenvalue weighted by Crippen LogP contribution is 2.30. The Morgan fingerprint density at radius 1 is 1.28 bits per heavy atom. The molecule has 0 saturated carbocycles. The monoisotopic (exact) mass is 249 g/mol. The Labute approximate surface area is 106 Å². The topological polar surface area (TPSA) is 68.6 Å². The van der Waals surface area contributed by atoms with Gasteiger partial charge in [0.15, 0.2) is 0 Å². The molecule has 0 amide bonds. The number of benzene rings is 1. The van der Waals surface area contributed by atoms with Crippen LogP contribution in [0, 0.1) is 11.3 Å². The summed E-state index contributed by atoms with van der Waals surface area (Å²) in [5.74, 6) is 0.485. The van der Waals surface area contributed by atoms with Crippen LogP contribution in [0.25, 0.3) is 0 Å². The van der Waals surface area contributed by atoms with Gasteiger partial charge in [-0.05, 0) is 19.1 Å². The van der Waals surface area contributed by atoms with E-state index in [9.17, 15) is 4.79 Å². The summed E-state index contributed by atoms with van der Waals surface area (Å²) in [7, 11) is 2.95. The molecule has 1 aromatic rings. The van der Waals surface area contributed by atoms with Gasteiger partial charge < -0.3 is 14.2 Å². The zero-order valence-electron chi connectivity index (χ0n) is 10.6. The lowest BCUT2D eigenvalue weighted by Crippen LogP contribution is -2.10. The number of ether oxygens (including phenoxy) is 3. The first-order valence-electron chi connectivity index (χ1n) is 5.47. The molecule has 0 saturated heterocycles. The Kier molecular flexibility index (Phi) is 5.00. The van der Waals surface area contributed by atoms with Gasteiger partial charge in [0.25, 0.3) is 0 Å². The van der Waals surface area contributed by atoms with Crippen LogP contribution in [0.4, 0.5) is 0 Å². The van der Waals surface area contributed by atoms with E-state index in [1.807, 2.05) is 6.07 Å². The molecule has 0 bridgehead atoms. The van der Waals surface area contributed by atoms with Crippen molar-refractivity contribution in [1.82, 2.24) is 0 Å². The number of carbonyl (C=O) groups is 1. The minimum absolute atomic E-state index is 0.0168. The lowest BCUT2D eigenvalue weighted by atomic mass is 10.0. The lowest BCUT2D eigenvalue weighted by Gasteiger charge is -2.12. The van der Waals surface area contributed by atoms with Crippen molar-refractivity contribution >= 4 is 5.97 Å². The van der Waals surface area contributed by atoms with Gasteiger partial charge in [0, 0.05) is 5.56 Å². The molecule has 5 nitrogen and oxygen atoms in total. The molecule has 0 aliphatic carbocycles. The van der Waals surface area contributed by atoms with Crippen molar-refractivity contribution in [2.24, 2.45) is 0 Å². The van der Waals surface area contributed by atoms with Crippen LogP contribution in [0.15, 0.2) is 12.1 Å². The largest absolute Gasteiger partial charge is 0.496 e. The first kappa shape index (κ1) is 13.8. The zero-order chi connectivity index (χ0) is 13.5. The Balaban J connectivity index is 3.20. The van der Waals surface area contributed by atoms with Crippen LogP contribution < -0.4 is 9.47 Å². The van der Waals surface area contributed by atoms with E-state index in [-0.39, 0.29) is 6.42 Å². The minimum Gasteiger partial charge on any atom is -0.496 e. The van der Waals surface area contributed by atoms with Crippen LogP contribution >= 0.6 is 0 Å². The molecule has 1 rings (SSSR count). The number of nitrogens with zero attached hydrogens (tertiary/aromatic N) is 1. The number of hydrogen-bond acceptors (Lipinski definition) is 5. The van der Waals surface area contributed by atoms with Crippen LogP contribution in [0.3, 0.4) is 0 Å². The number of esters is 1. The van der Waals surface area contributed by atoms with E-state index in [0.29, 0.717) is 29.2 Å². The molecule has 0 fully saturated rings. The van der Waals surface area contributed by atoms with Crippen LogP contribution in [0.5, 0.6) is 11.5 Å². The maximum atomic E-state index is 11.5. The maximum Gasteiger partial charge on any atom is 0.310 e. The summed E-state index contributed by atoms with van der Waals surface area (Å²) < 4.78 is 15.1. The predicted molar refractivity (Wildman–Crippen MR) is 64.6 cm³/mol. The van der Waals surface area contributed by atoms with Crippen molar-refractivity contribution in [3.8, 4) is 17.6 Å². The smallest absolute Gasteiger partial charge is 0.310 e. The molecule has 5 heteroatoms. The summed E-state index contributed by atoms with van der Waals surface area (Å²) in [6, 6.07) is 5.32. The first-order valence-corrected chi connectivity index (χ1v) is 5.47. The number of carbonyl (C=O) groups excluding carboxylic acids is 1. The van der Waals surface area contributed by atoms with Gasteiger partial charge in [0.05, 0.1) is 27.2 Å². The number of rotatable bonds is 5. The summed E-state index contributed by atoms with van der Waals surface area (Å²) in [6.45, 7) is 2.03. The Morgan fingerprint density at radius 2 is 1.89 bits per heavy atom. The molecule has 0 aliphatic rings. The van der Waals surface area contributed by atoms with Crippen LogP contribution in [-0.4, -0.2) is 26.8 Å². The van der Waals surface area contributed by atoms with Gasteiger partial charge >= 0.3 is 5.97 Å². The summed E-state index contributed by atoms with van der Waals surface area (Å²) in [5.41, 5.74) is 0.780. The molecule has 96 valence electrons. The second-order valence-corrected chi connectivity index (χ2v) is 3.42. The second kappa shape index (κ2) is 6.50. The van der Waals surface area contributed by atoms with Crippen molar-refractivity contribution in [3.63, 3.8) is 0 Å². The fraction of sp³-hybridized carbons (Fsp3) is 0.385. The average Bonchev–Trinajstić information content (AvgIpc) is 2.38. The van der Waals surface area contributed by atoms with Crippen LogP contribution in [0.2, 0.25) is 0 Å². The number of methoxy groups -OCH3 is 2. The number of nitriles is 1. The Morgan fingerprint density at radius 3 is 2.39 bits per heavy atom. The molecule has 0 heterocycles. The molecule has 0 aromatic heterocycles. The van der Waals surface area contributed by atoms with Crippen molar-refractivity contribution in [1.29, 1.82) is 5.26 Å². The van der Waals surface area contributed by atoms with E-state index in [1.54, 1.807) is 19.1 Å². The van der Waals surface area contributed by atoms with Crippen molar-refractivity contribution in [2.75, 3.05) is 20.8 Å². The highest BCUT2D eigenvalue weighted by atomic mass is 16.5. The van der Waals surface area contributed by atoms with Crippen molar-refractivity contribution in [3.05, 3.63) is 23.3 Å². The maximum absolute atomic E-state index is 11.5. The quantitative estimate of drug-likeness (QED) is 0.742. The van der Waals surface area contributed by atoms with E-state index in [0.717, 1.165) is 0 Å². The van der Waals surface area contributed by atoms with Crippen LogP contribution in [0.1, 0.15) is 18.1 Å². The predicted octanol–water partition coefficient (Wildman–Crippen LogP) is 1.68. The minimum atomic E-state index is -0.402. The third-order valence-electron chi connectivity index (χ3n) is 2.41. The summed E-state index contributed by atoms with van der Waals surface area (Å²) in [4.78, 5) is 11.5. The molecule has 0 spiro atoms. The van der Waals surface area contributed by atoms with Gasteiger partial charge in [-0.2, -0.15) is 5.26 Å². The molecule has 0 atom stereocenters. The fourth-order valence-electron chi connectivity index (χ4n) is 1.62. The van der Waals surface area contributed by atoms with E-state index in [4.69, 9.17) is 19.5 Å². The van der Waals surface area contributed by atoms with E-state index >= 15 is 0 Å². The summed E-state index contributed by atoms with van der Waals surface area (Å²) >= 11 is 0. The SMILES string of the molecule is CCOC(=O)Cc1c(OC)ccc(OC)c1C#N. The van der Waals surface area contributed by atoms with Gasteiger partial charge in [-0.25, -0.2) is 0 Å². The van der Waals surface area contributed by atoms with E-state index in [2.05, 4.69) is 0 Å². The standard InChI is InChI=1S/C13H15NO4/c1-4-18-13(15)7-9-10(8-14)12(17-3)6-5-11(9)16-2/h5-6H,4,7H2,1-3H3. The van der Waals surface area contributed by atoms with Crippen molar-refractivity contribution in [2.45, 2.75) is 13.3 Å².